The Hall–Kier alpha value is -4.78. The molecule has 0 saturated heterocycles. The van der Waals surface area contributed by atoms with E-state index in [1.54, 1.807) is 36.4 Å². The monoisotopic (exact) mass is 465 g/mol. The summed E-state index contributed by atoms with van der Waals surface area (Å²) in [5.41, 5.74) is 3.16. The summed E-state index contributed by atoms with van der Waals surface area (Å²) in [5, 5.41) is 20.2. The number of nitrogens with zero attached hydrogens (tertiary/aromatic N) is 3. The molecule has 4 aromatic carbocycles. The van der Waals surface area contributed by atoms with E-state index < -0.39 is 11.7 Å². The van der Waals surface area contributed by atoms with Gasteiger partial charge in [0.25, 0.3) is 5.91 Å². The van der Waals surface area contributed by atoms with Crippen LogP contribution in [0.15, 0.2) is 97.3 Å². The molecule has 0 aliphatic carbocycles. The van der Waals surface area contributed by atoms with Gasteiger partial charge in [-0.05, 0) is 42.0 Å². The number of halogens is 1. The van der Waals surface area contributed by atoms with Crippen molar-refractivity contribution in [1.29, 1.82) is 0 Å². The van der Waals surface area contributed by atoms with Crippen molar-refractivity contribution >= 4 is 22.5 Å². The van der Waals surface area contributed by atoms with Gasteiger partial charge in [-0.2, -0.15) is 0 Å². The number of aromatic nitrogens is 2. The quantitative estimate of drug-likeness (QED) is 0.348. The SMILES string of the molecule is O=C(c1ccc(O)cc1O)N(Cc1ccccc1)c1ccc(-c2ncnc3cccc(F)c23)cc1. The van der Waals surface area contributed by atoms with Crippen LogP contribution in [0.5, 0.6) is 11.5 Å². The Morgan fingerprint density at radius 1 is 0.857 bits per heavy atom. The first-order chi connectivity index (χ1) is 17.0. The summed E-state index contributed by atoms with van der Waals surface area (Å²) in [6, 6.07) is 25.1. The van der Waals surface area contributed by atoms with Gasteiger partial charge in [-0.1, -0.05) is 48.5 Å². The molecule has 1 amide bonds. The highest BCUT2D eigenvalue weighted by Crippen LogP contribution is 2.31. The van der Waals surface area contributed by atoms with Crippen molar-refractivity contribution in [2.75, 3.05) is 4.90 Å². The lowest BCUT2D eigenvalue weighted by Crippen LogP contribution is -2.30. The standard InChI is InChI=1S/C28H20FN3O3/c29-23-7-4-8-24-26(23)27(31-17-30-24)19-9-11-20(12-10-19)32(16-18-5-2-1-3-6-18)28(35)22-14-13-21(33)15-25(22)34/h1-15,17,33-34H,16H2. The third kappa shape index (κ3) is 4.39. The predicted molar refractivity (Wildman–Crippen MR) is 132 cm³/mol. The van der Waals surface area contributed by atoms with Crippen LogP contribution in [-0.2, 0) is 6.54 Å². The summed E-state index contributed by atoms with van der Waals surface area (Å²) in [7, 11) is 0. The molecule has 172 valence electrons. The highest BCUT2D eigenvalue weighted by molar-refractivity contribution is 6.08. The second-order valence-corrected chi connectivity index (χ2v) is 7.98. The lowest BCUT2D eigenvalue weighted by molar-refractivity contribution is 0.0982. The minimum Gasteiger partial charge on any atom is -0.508 e. The van der Waals surface area contributed by atoms with Crippen LogP contribution < -0.4 is 4.90 Å². The van der Waals surface area contributed by atoms with Gasteiger partial charge in [-0.3, -0.25) is 4.79 Å². The number of fused-ring (bicyclic) bond motifs is 1. The number of benzene rings is 4. The van der Waals surface area contributed by atoms with Crippen molar-refractivity contribution in [3.05, 3.63) is 114 Å². The molecule has 0 aliphatic rings. The number of aromatic hydroxyl groups is 2. The number of carbonyl (C=O) groups excluding carboxylic acids is 1. The minimum atomic E-state index is -0.433. The number of hydrogen-bond acceptors (Lipinski definition) is 5. The van der Waals surface area contributed by atoms with E-state index in [1.807, 2.05) is 30.3 Å². The fraction of sp³-hybridized carbons (Fsp3) is 0.0357. The molecule has 0 aliphatic heterocycles. The molecule has 0 saturated carbocycles. The molecular formula is C28H20FN3O3. The third-order valence-electron chi connectivity index (χ3n) is 5.70. The Bertz CT molecular complexity index is 1520. The Morgan fingerprint density at radius 3 is 2.37 bits per heavy atom. The number of phenolic OH excluding ortho intramolecular Hbond substituents is 2. The topological polar surface area (TPSA) is 86.5 Å². The van der Waals surface area contributed by atoms with Crippen molar-refractivity contribution in [3.63, 3.8) is 0 Å². The number of phenols is 2. The fourth-order valence-corrected chi connectivity index (χ4v) is 3.98. The molecule has 5 rings (SSSR count). The van der Waals surface area contributed by atoms with Crippen molar-refractivity contribution in [1.82, 2.24) is 9.97 Å². The normalized spacial score (nSPS) is 10.9. The predicted octanol–water partition coefficient (Wildman–Crippen LogP) is 5.69. The van der Waals surface area contributed by atoms with E-state index in [-0.39, 0.29) is 23.6 Å². The number of anilines is 1. The maximum atomic E-state index is 14.6. The number of hydrogen-bond donors (Lipinski definition) is 2. The summed E-state index contributed by atoms with van der Waals surface area (Å²) in [4.78, 5) is 23.4. The van der Waals surface area contributed by atoms with Gasteiger partial charge in [0.2, 0.25) is 0 Å². The zero-order valence-corrected chi connectivity index (χ0v) is 18.5. The molecule has 0 radical (unpaired) electrons. The number of carbonyl (C=O) groups is 1. The maximum Gasteiger partial charge on any atom is 0.262 e. The Balaban J connectivity index is 1.55. The average Bonchev–Trinajstić information content (AvgIpc) is 2.88. The molecule has 1 aromatic heterocycles. The van der Waals surface area contributed by atoms with Crippen molar-refractivity contribution < 1.29 is 19.4 Å². The van der Waals surface area contributed by atoms with Crippen molar-refractivity contribution in [2.45, 2.75) is 6.54 Å². The van der Waals surface area contributed by atoms with Gasteiger partial charge in [-0.15, -0.1) is 0 Å². The van der Waals surface area contributed by atoms with E-state index in [9.17, 15) is 19.4 Å². The largest absolute Gasteiger partial charge is 0.508 e. The molecule has 5 aromatic rings. The number of amides is 1. The fourth-order valence-electron chi connectivity index (χ4n) is 3.98. The smallest absolute Gasteiger partial charge is 0.262 e. The van der Waals surface area contributed by atoms with Gasteiger partial charge < -0.3 is 15.1 Å². The Labute approximate surface area is 200 Å². The molecule has 0 spiro atoms. The van der Waals surface area contributed by atoms with Gasteiger partial charge in [0.15, 0.2) is 0 Å². The van der Waals surface area contributed by atoms with Crippen molar-refractivity contribution in [3.8, 4) is 22.8 Å². The van der Waals surface area contributed by atoms with Gasteiger partial charge in [-0.25, -0.2) is 14.4 Å². The minimum absolute atomic E-state index is 0.0617. The highest BCUT2D eigenvalue weighted by Gasteiger charge is 2.22. The van der Waals surface area contributed by atoms with Crippen LogP contribution in [0.4, 0.5) is 10.1 Å². The van der Waals surface area contributed by atoms with E-state index in [0.29, 0.717) is 27.8 Å². The molecule has 0 bridgehead atoms. The van der Waals surface area contributed by atoms with E-state index in [0.717, 1.165) is 11.6 Å². The van der Waals surface area contributed by atoms with Gasteiger partial charge in [0.1, 0.15) is 23.6 Å². The average molecular weight is 465 g/mol. The second-order valence-electron chi connectivity index (χ2n) is 7.98. The summed E-state index contributed by atoms with van der Waals surface area (Å²) in [6.07, 6.45) is 1.39. The summed E-state index contributed by atoms with van der Waals surface area (Å²) >= 11 is 0. The lowest BCUT2D eigenvalue weighted by atomic mass is 10.0. The van der Waals surface area contributed by atoms with Crippen LogP contribution in [0.1, 0.15) is 15.9 Å². The summed E-state index contributed by atoms with van der Waals surface area (Å²) < 4.78 is 14.6. The maximum absolute atomic E-state index is 14.6. The highest BCUT2D eigenvalue weighted by atomic mass is 19.1. The first kappa shape index (κ1) is 22.0. The first-order valence-electron chi connectivity index (χ1n) is 10.9. The zero-order valence-electron chi connectivity index (χ0n) is 18.5. The van der Waals surface area contributed by atoms with Crippen LogP contribution >= 0.6 is 0 Å². The molecule has 2 N–H and O–H groups in total. The van der Waals surface area contributed by atoms with E-state index >= 15 is 0 Å². The summed E-state index contributed by atoms with van der Waals surface area (Å²) in [5.74, 6) is -1.29. The summed E-state index contributed by atoms with van der Waals surface area (Å²) in [6.45, 7) is 0.254. The number of rotatable bonds is 5. The van der Waals surface area contributed by atoms with Crippen LogP contribution in [0.25, 0.3) is 22.2 Å². The molecule has 6 nitrogen and oxygen atoms in total. The van der Waals surface area contributed by atoms with E-state index in [2.05, 4.69) is 9.97 Å². The first-order valence-corrected chi connectivity index (χ1v) is 10.9. The van der Waals surface area contributed by atoms with E-state index in [4.69, 9.17) is 0 Å². The van der Waals surface area contributed by atoms with Gasteiger partial charge in [0.05, 0.1) is 28.7 Å². The zero-order chi connectivity index (χ0) is 24.4. The molecule has 1 heterocycles. The van der Waals surface area contributed by atoms with Crippen LogP contribution in [-0.4, -0.2) is 26.1 Å². The van der Waals surface area contributed by atoms with Crippen LogP contribution in [0.3, 0.4) is 0 Å². The van der Waals surface area contributed by atoms with Gasteiger partial charge >= 0.3 is 0 Å². The van der Waals surface area contributed by atoms with Crippen LogP contribution in [0, 0.1) is 5.82 Å². The molecular weight excluding hydrogens is 445 g/mol. The molecule has 35 heavy (non-hydrogen) atoms. The Morgan fingerprint density at radius 2 is 1.63 bits per heavy atom. The molecule has 0 fully saturated rings. The van der Waals surface area contributed by atoms with Crippen molar-refractivity contribution in [2.24, 2.45) is 0 Å². The van der Waals surface area contributed by atoms with Crippen LogP contribution in [0.2, 0.25) is 0 Å². The molecule has 0 unspecified atom stereocenters. The third-order valence-corrected chi connectivity index (χ3v) is 5.70. The van der Waals surface area contributed by atoms with E-state index in [1.165, 1.54) is 29.4 Å². The lowest BCUT2D eigenvalue weighted by Gasteiger charge is -2.24. The molecule has 7 heteroatoms. The van der Waals surface area contributed by atoms with Gasteiger partial charge in [0, 0.05) is 17.3 Å². The Kier molecular flexibility index (Phi) is 5.81. The second kappa shape index (κ2) is 9.23. The molecule has 0 atom stereocenters.